The van der Waals surface area contributed by atoms with Crippen molar-refractivity contribution < 1.29 is 5.11 Å². The highest BCUT2D eigenvalue weighted by atomic mass is 32.2. The molecule has 2 aliphatic rings. The van der Waals surface area contributed by atoms with E-state index in [1.807, 2.05) is 11.8 Å². The molecule has 2 nitrogen and oxygen atoms in total. The Morgan fingerprint density at radius 2 is 1.90 bits per heavy atom. The lowest BCUT2D eigenvalue weighted by Crippen LogP contribution is -2.61. The van der Waals surface area contributed by atoms with E-state index in [0.717, 1.165) is 12.8 Å². The molecule has 21 heavy (non-hydrogen) atoms. The average Bonchev–Trinajstić information content (AvgIpc) is 2.52. The summed E-state index contributed by atoms with van der Waals surface area (Å²) < 4.78 is -0.0411. The molecule has 2 heterocycles. The van der Waals surface area contributed by atoms with Gasteiger partial charge in [0.1, 0.15) is 6.23 Å². The van der Waals surface area contributed by atoms with E-state index in [2.05, 4.69) is 55.3 Å². The van der Waals surface area contributed by atoms with Gasteiger partial charge in [-0.15, -0.1) is 0 Å². The van der Waals surface area contributed by atoms with Crippen LogP contribution in [0.15, 0.2) is 30.3 Å². The van der Waals surface area contributed by atoms with Crippen molar-refractivity contribution in [3.63, 3.8) is 0 Å². The minimum absolute atomic E-state index is 0.0411. The molecule has 5 unspecified atom stereocenters. The normalized spacial score (nSPS) is 40.8. The summed E-state index contributed by atoms with van der Waals surface area (Å²) >= 11 is 1.82. The van der Waals surface area contributed by atoms with Gasteiger partial charge in [-0.1, -0.05) is 37.3 Å². The van der Waals surface area contributed by atoms with Crippen molar-refractivity contribution in [3.05, 3.63) is 35.9 Å². The Morgan fingerprint density at radius 1 is 1.19 bits per heavy atom. The summed E-state index contributed by atoms with van der Waals surface area (Å²) in [7, 11) is 0. The number of hydrogen-bond donors (Lipinski definition) is 1. The predicted octanol–water partition coefficient (Wildman–Crippen LogP) is 4.06. The number of fused-ring (bicyclic) bond motifs is 1. The van der Waals surface area contributed by atoms with Gasteiger partial charge in [0.25, 0.3) is 0 Å². The summed E-state index contributed by atoms with van der Waals surface area (Å²) in [6.45, 7) is 4.58. The van der Waals surface area contributed by atoms with Crippen LogP contribution in [-0.2, 0) is 0 Å². The van der Waals surface area contributed by atoms with Gasteiger partial charge in [0, 0.05) is 12.1 Å². The Kier molecular flexibility index (Phi) is 4.35. The van der Waals surface area contributed by atoms with Gasteiger partial charge >= 0.3 is 0 Å². The molecular formula is C18H27NOS. The van der Waals surface area contributed by atoms with Gasteiger partial charge in [0.15, 0.2) is 0 Å². The first-order chi connectivity index (χ1) is 10.1. The van der Waals surface area contributed by atoms with Gasteiger partial charge in [-0.25, -0.2) is 0 Å². The maximum Gasteiger partial charge on any atom is 0.122 e. The van der Waals surface area contributed by atoms with Crippen molar-refractivity contribution in [1.29, 1.82) is 0 Å². The largest absolute Gasteiger partial charge is 0.377 e. The Hall–Kier alpha value is -0.510. The van der Waals surface area contributed by atoms with Crippen molar-refractivity contribution >= 4 is 11.8 Å². The predicted molar refractivity (Wildman–Crippen MR) is 90.4 cm³/mol. The smallest absolute Gasteiger partial charge is 0.122 e. The van der Waals surface area contributed by atoms with Crippen molar-refractivity contribution in [2.45, 2.75) is 62.6 Å². The molecule has 3 rings (SSSR count). The fraction of sp³-hybridized carbons (Fsp3) is 0.667. The molecular weight excluding hydrogens is 278 g/mol. The van der Waals surface area contributed by atoms with E-state index in [1.165, 1.54) is 18.4 Å². The Balaban J connectivity index is 1.95. The molecule has 3 heteroatoms. The van der Waals surface area contributed by atoms with E-state index < -0.39 is 0 Å². The van der Waals surface area contributed by atoms with Gasteiger partial charge in [0.05, 0.1) is 4.75 Å². The summed E-state index contributed by atoms with van der Waals surface area (Å²) in [5.41, 5.74) is 1.36. The van der Waals surface area contributed by atoms with Crippen molar-refractivity contribution in [3.8, 4) is 0 Å². The fourth-order valence-electron chi connectivity index (χ4n) is 4.17. The molecule has 0 spiro atoms. The fourth-order valence-corrected chi connectivity index (χ4v) is 4.83. The molecule has 1 aromatic carbocycles. The highest BCUT2D eigenvalue weighted by molar-refractivity contribution is 8.00. The van der Waals surface area contributed by atoms with E-state index >= 15 is 0 Å². The number of aliphatic hydroxyl groups excluding tert-OH is 1. The molecule has 0 radical (unpaired) electrons. The number of aliphatic hydroxyl groups is 1. The lowest BCUT2D eigenvalue weighted by molar-refractivity contribution is -0.132. The van der Waals surface area contributed by atoms with E-state index in [9.17, 15) is 5.11 Å². The third kappa shape index (κ3) is 2.64. The van der Waals surface area contributed by atoms with Crippen LogP contribution in [0.25, 0.3) is 0 Å². The number of rotatable bonds is 2. The minimum Gasteiger partial charge on any atom is -0.377 e. The van der Waals surface area contributed by atoms with E-state index in [-0.39, 0.29) is 11.0 Å². The van der Waals surface area contributed by atoms with Crippen LogP contribution in [0.5, 0.6) is 0 Å². The molecule has 2 aliphatic heterocycles. The lowest BCUT2D eigenvalue weighted by Gasteiger charge is -2.56. The monoisotopic (exact) mass is 305 g/mol. The van der Waals surface area contributed by atoms with Crippen LogP contribution in [0.4, 0.5) is 0 Å². The zero-order valence-corrected chi connectivity index (χ0v) is 14.1. The first-order valence-corrected chi connectivity index (χ1v) is 9.35. The highest BCUT2D eigenvalue weighted by Gasteiger charge is 2.49. The topological polar surface area (TPSA) is 23.5 Å². The molecule has 0 saturated carbocycles. The zero-order valence-electron chi connectivity index (χ0n) is 13.3. The molecule has 1 aromatic rings. The standard InChI is InChI=1S/C18H27NOS/c1-13-9-10-16(14-7-5-4-6-8-14)19-15(13)11-12-18(2,21-3)17(19)20/h4-8,13,15-17,20H,9-12H2,1-3H3. The van der Waals surface area contributed by atoms with Crippen LogP contribution in [0, 0.1) is 5.92 Å². The third-order valence-electron chi connectivity index (χ3n) is 5.71. The molecule has 1 N–H and O–H groups in total. The number of thioether (sulfide) groups is 1. The molecule has 0 bridgehead atoms. The number of nitrogens with zero attached hydrogens (tertiary/aromatic N) is 1. The summed E-state index contributed by atoms with van der Waals surface area (Å²) in [5, 5.41) is 11.1. The molecule has 2 fully saturated rings. The Bertz CT molecular complexity index is 479. The van der Waals surface area contributed by atoms with Crippen LogP contribution < -0.4 is 0 Å². The molecule has 0 amide bonds. The Labute approximate surface area is 132 Å². The van der Waals surface area contributed by atoms with Crippen LogP contribution in [0.2, 0.25) is 0 Å². The maximum atomic E-state index is 11.1. The number of piperidine rings is 2. The molecule has 0 aromatic heterocycles. The quantitative estimate of drug-likeness (QED) is 0.891. The van der Waals surface area contributed by atoms with Crippen molar-refractivity contribution in [2.24, 2.45) is 5.92 Å². The second-order valence-electron chi connectivity index (χ2n) is 6.92. The van der Waals surface area contributed by atoms with Crippen LogP contribution >= 0.6 is 11.8 Å². The van der Waals surface area contributed by atoms with Crippen molar-refractivity contribution in [2.75, 3.05) is 6.26 Å². The number of benzene rings is 1. The summed E-state index contributed by atoms with van der Waals surface area (Å²) in [6.07, 6.45) is 6.53. The SMILES string of the molecule is CSC1(C)CCC2C(C)CCC(c3ccccc3)N2C1O. The molecule has 116 valence electrons. The third-order valence-corrected chi connectivity index (χ3v) is 7.06. The minimum atomic E-state index is -0.348. The first kappa shape index (κ1) is 15.4. The Morgan fingerprint density at radius 3 is 2.57 bits per heavy atom. The van der Waals surface area contributed by atoms with Gasteiger partial charge in [-0.2, -0.15) is 11.8 Å². The molecule has 2 saturated heterocycles. The van der Waals surface area contributed by atoms with Crippen LogP contribution in [-0.4, -0.2) is 33.3 Å². The average molecular weight is 305 g/mol. The van der Waals surface area contributed by atoms with Gasteiger partial charge in [-0.3, -0.25) is 4.90 Å². The van der Waals surface area contributed by atoms with Gasteiger partial charge in [-0.05, 0) is 50.3 Å². The second kappa shape index (κ2) is 5.94. The van der Waals surface area contributed by atoms with Gasteiger partial charge in [0.2, 0.25) is 0 Å². The zero-order chi connectivity index (χ0) is 15.0. The number of hydrogen-bond acceptors (Lipinski definition) is 3. The summed E-state index contributed by atoms with van der Waals surface area (Å²) in [4.78, 5) is 2.43. The summed E-state index contributed by atoms with van der Waals surface area (Å²) in [5.74, 6) is 0.686. The second-order valence-corrected chi connectivity index (χ2v) is 8.27. The highest BCUT2D eigenvalue weighted by Crippen LogP contribution is 2.48. The molecule has 0 aliphatic carbocycles. The summed E-state index contributed by atoms with van der Waals surface area (Å²) in [6, 6.07) is 11.6. The maximum absolute atomic E-state index is 11.1. The first-order valence-electron chi connectivity index (χ1n) is 8.12. The van der Waals surface area contributed by atoms with E-state index in [1.54, 1.807) is 0 Å². The van der Waals surface area contributed by atoms with Crippen LogP contribution in [0.3, 0.4) is 0 Å². The van der Waals surface area contributed by atoms with Gasteiger partial charge < -0.3 is 5.11 Å². The lowest BCUT2D eigenvalue weighted by atomic mass is 9.77. The van der Waals surface area contributed by atoms with E-state index in [0.29, 0.717) is 18.0 Å². The van der Waals surface area contributed by atoms with E-state index in [4.69, 9.17) is 0 Å². The van der Waals surface area contributed by atoms with Crippen molar-refractivity contribution in [1.82, 2.24) is 4.90 Å². The van der Waals surface area contributed by atoms with Crippen LogP contribution in [0.1, 0.15) is 51.1 Å². The molecule has 5 atom stereocenters.